The van der Waals surface area contributed by atoms with Gasteiger partial charge in [-0.15, -0.1) is 6.58 Å². The second kappa shape index (κ2) is 7.46. The minimum Gasteiger partial charge on any atom is -0.386 e. The summed E-state index contributed by atoms with van der Waals surface area (Å²) >= 11 is 0. The summed E-state index contributed by atoms with van der Waals surface area (Å²) in [5.41, 5.74) is 5.18. The number of hydrogen-bond acceptors (Lipinski definition) is 3. The fourth-order valence-electron chi connectivity index (χ4n) is 8.38. The van der Waals surface area contributed by atoms with Gasteiger partial charge in [0.25, 0.3) is 0 Å². The van der Waals surface area contributed by atoms with Crippen molar-refractivity contribution in [3.8, 4) is 0 Å². The van der Waals surface area contributed by atoms with Crippen molar-refractivity contribution in [1.82, 2.24) is 4.98 Å². The van der Waals surface area contributed by atoms with Crippen LogP contribution in [0.3, 0.4) is 0 Å². The molecule has 2 saturated carbocycles. The number of aromatic nitrogens is 1. The third kappa shape index (κ3) is 2.81. The Kier molecular flexibility index (Phi) is 5.02. The van der Waals surface area contributed by atoms with Gasteiger partial charge in [0.05, 0.1) is 11.7 Å². The van der Waals surface area contributed by atoms with Crippen molar-refractivity contribution in [1.29, 1.82) is 0 Å². The minimum atomic E-state index is -1.02. The van der Waals surface area contributed by atoms with Crippen LogP contribution in [-0.2, 0) is 22.0 Å². The molecule has 0 radical (unpaired) electrons. The highest BCUT2D eigenvalue weighted by Gasteiger charge is 2.69. The van der Waals surface area contributed by atoms with Crippen LogP contribution in [0.25, 0.3) is 10.9 Å². The lowest BCUT2D eigenvalue weighted by molar-refractivity contribution is -0.185. The zero-order valence-electron chi connectivity index (χ0n) is 22.4. The molecule has 0 saturated heterocycles. The molecule has 2 fully saturated rings. The van der Waals surface area contributed by atoms with Gasteiger partial charge in [0.15, 0.2) is 0 Å². The number of hydrogen-bond donors (Lipinski definition) is 3. The Balaban J connectivity index is 1.48. The number of aliphatic hydroxyl groups excluding tert-OH is 1. The summed E-state index contributed by atoms with van der Waals surface area (Å²) in [5.74, 6) is 0.479. The van der Waals surface area contributed by atoms with Gasteiger partial charge in [-0.25, -0.2) is 0 Å². The van der Waals surface area contributed by atoms with Crippen LogP contribution < -0.4 is 0 Å². The first kappa shape index (κ1) is 24.2. The second-order valence-corrected chi connectivity index (χ2v) is 13.0. The van der Waals surface area contributed by atoms with Crippen LogP contribution in [-0.4, -0.2) is 39.1 Å². The first-order valence-corrected chi connectivity index (χ1v) is 13.6. The molecule has 7 atom stereocenters. The first-order valence-electron chi connectivity index (χ1n) is 13.6. The molecule has 4 heteroatoms. The van der Waals surface area contributed by atoms with Gasteiger partial charge in [0.2, 0.25) is 0 Å². The first-order chi connectivity index (χ1) is 16.9. The minimum absolute atomic E-state index is 0.0957. The molecule has 1 aliphatic heterocycles. The highest BCUT2D eigenvalue weighted by Crippen LogP contribution is 2.69. The molecule has 0 amide bonds. The van der Waals surface area contributed by atoms with Crippen molar-refractivity contribution < 1.29 is 14.9 Å². The third-order valence-corrected chi connectivity index (χ3v) is 11.0. The maximum Gasteiger partial charge on any atom is 0.108 e. The molecule has 2 aromatic rings. The summed E-state index contributed by atoms with van der Waals surface area (Å²) in [6.45, 7) is 19.0. The average Bonchev–Trinajstić information content (AvgIpc) is 3.34. The maximum absolute atomic E-state index is 12.6. The number of aromatic amines is 1. The summed E-state index contributed by atoms with van der Waals surface area (Å²) in [6.07, 6.45) is 7.00. The van der Waals surface area contributed by atoms with Crippen LogP contribution in [0.1, 0.15) is 77.1 Å². The summed E-state index contributed by atoms with van der Waals surface area (Å²) in [7, 11) is 0. The van der Waals surface area contributed by atoms with E-state index in [4.69, 9.17) is 4.74 Å². The van der Waals surface area contributed by atoms with E-state index in [9.17, 15) is 10.2 Å². The zero-order valence-corrected chi connectivity index (χ0v) is 22.4. The standard InChI is InChI=1S/C32H41NO3/c1-8-29(4,5)19-9-10-21-22-15-20-11-14-32(35)23-17-25(34)27(18(2)3)36-26(23)12-13-30(32,6)31(20,7)28(22)33-24(21)16-19/h8-10,16-17,20,25-27,33-35H,1-2,11-15H2,3-7H3/t20-,25+,26-,27+,30+,31+,32+/m0/s1. The third-order valence-electron chi connectivity index (χ3n) is 11.0. The monoisotopic (exact) mass is 487 g/mol. The molecule has 3 N–H and O–H groups in total. The normalized spacial score (nSPS) is 39.6. The van der Waals surface area contributed by atoms with E-state index in [1.165, 1.54) is 27.7 Å². The van der Waals surface area contributed by atoms with Gasteiger partial charge in [-0.2, -0.15) is 0 Å². The predicted molar refractivity (Wildman–Crippen MR) is 145 cm³/mol. The van der Waals surface area contributed by atoms with E-state index in [1.54, 1.807) is 0 Å². The van der Waals surface area contributed by atoms with Gasteiger partial charge in [-0.3, -0.25) is 0 Å². The lowest BCUT2D eigenvalue weighted by Crippen LogP contribution is -2.67. The molecule has 6 rings (SSSR count). The number of fused-ring (bicyclic) bond motifs is 9. The SMILES string of the molecule is C=CC(C)(C)c1ccc2c3c([nH]c2c1)[C@@]1(C)[C@@H](CC[C@@]2(O)C4=C[C@@H](O)[C@@H](C(=C)C)O[C@H]4CC[C@@]21C)C3. The lowest BCUT2D eigenvalue weighted by atomic mass is 9.42. The van der Waals surface area contributed by atoms with Gasteiger partial charge in [0, 0.05) is 32.8 Å². The lowest BCUT2D eigenvalue weighted by Gasteiger charge is -2.65. The van der Waals surface area contributed by atoms with E-state index in [-0.39, 0.29) is 22.3 Å². The van der Waals surface area contributed by atoms with Gasteiger partial charge >= 0.3 is 0 Å². The predicted octanol–water partition coefficient (Wildman–Crippen LogP) is 6.02. The van der Waals surface area contributed by atoms with Crippen LogP contribution in [0.15, 0.2) is 54.7 Å². The van der Waals surface area contributed by atoms with Crippen molar-refractivity contribution >= 4 is 10.9 Å². The van der Waals surface area contributed by atoms with Crippen LogP contribution >= 0.6 is 0 Å². The highest BCUT2D eigenvalue weighted by atomic mass is 16.5. The van der Waals surface area contributed by atoms with Gasteiger partial charge < -0.3 is 19.9 Å². The Bertz CT molecular complexity index is 1320. The molecule has 4 aliphatic rings. The molecule has 0 spiro atoms. The summed E-state index contributed by atoms with van der Waals surface area (Å²) < 4.78 is 6.35. The Hall–Kier alpha value is -2.14. The molecular weight excluding hydrogens is 446 g/mol. The molecular formula is C32H41NO3. The topological polar surface area (TPSA) is 65.5 Å². The molecule has 36 heavy (non-hydrogen) atoms. The van der Waals surface area contributed by atoms with Crippen molar-refractivity contribution in [3.05, 3.63) is 71.5 Å². The van der Waals surface area contributed by atoms with Gasteiger partial charge in [-0.1, -0.05) is 52.5 Å². The number of rotatable bonds is 3. The number of nitrogens with one attached hydrogen (secondary N) is 1. The van der Waals surface area contributed by atoms with E-state index < -0.39 is 17.8 Å². The summed E-state index contributed by atoms with van der Waals surface area (Å²) in [6, 6.07) is 6.81. The Morgan fingerprint density at radius 1 is 1.22 bits per heavy atom. The van der Waals surface area contributed by atoms with Gasteiger partial charge in [0.1, 0.15) is 12.2 Å². The molecule has 2 heterocycles. The second-order valence-electron chi connectivity index (χ2n) is 13.0. The fraction of sp³-hybridized carbons (Fsp3) is 0.562. The largest absolute Gasteiger partial charge is 0.386 e. The Labute approximate surface area is 215 Å². The zero-order chi connectivity index (χ0) is 25.8. The van der Waals surface area contributed by atoms with E-state index in [2.05, 4.69) is 64.0 Å². The van der Waals surface area contributed by atoms with Crippen molar-refractivity contribution in [2.75, 3.05) is 0 Å². The molecule has 3 aliphatic carbocycles. The van der Waals surface area contributed by atoms with Crippen LogP contribution in [0.4, 0.5) is 0 Å². The van der Waals surface area contributed by atoms with E-state index in [1.807, 2.05) is 19.1 Å². The van der Waals surface area contributed by atoms with Crippen molar-refractivity contribution in [2.24, 2.45) is 11.3 Å². The number of aliphatic hydroxyl groups is 2. The number of benzene rings is 1. The molecule has 192 valence electrons. The van der Waals surface area contributed by atoms with Crippen molar-refractivity contribution in [3.63, 3.8) is 0 Å². The Morgan fingerprint density at radius 2 is 1.97 bits per heavy atom. The molecule has 0 bridgehead atoms. The molecule has 1 aromatic carbocycles. The number of H-pyrrole nitrogens is 1. The maximum atomic E-state index is 12.6. The summed E-state index contributed by atoms with van der Waals surface area (Å²) in [4.78, 5) is 3.87. The van der Waals surface area contributed by atoms with Crippen LogP contribution in [0.2, 0.25) is 0 Å². The summed E-state index contributed by atoms with van der Waals surface area (Å²) in [5, 5.41) is 24.8. The van der Waals surface area contributed by atoms with Crippen LogP contribution in [0, 0.1) is 11.3 Å². The smallest absolute Gasteiger partial charge is 0.108 e. The molecule has 4 nitrogen and oxygen atoms in total. The van der Waals surface area contributed by atoms with E-state index in [0.29, 0.717) is 12.3 Å². The Morgan fingerprint density at radius 3 is 2.67 bits per heavy atom. The van der Waals surface area contributed by atoms with Gasteiger partial charge in [-0.05, 0) is 79.4 Å². The highest BCUT2D eigenvalue weighted by molar-refractivity contribution is 5.87. The van der Waals surface area contributed by atoms with Crippen molar-refractivity contribution in [2.45, 2.75) is 101 Å². The van der Waals surface area contributed by atoms with Crippen LogP contribution in [0.5, 0.6) is 0 Å². The van der Waals surface area contributed by atoms with E-state index >= 15 is 0 Å². The molecule has 1 aromatic heterocycles. The molecule has 0 unspecified atom stereocenters. The number of allylic oxidation sites excluding steroid dienone is 1. The van der Waals surface area contributed by atoms with E-state index in [0.717, 1.165) is 36.8 Å². The quantitative estimate of drug-likeness (QED) is 0.464. The average molecular weight is 488 g/mol. The fourth-order valence-corrected chi connectivity index (χ4v) is 8.38. The number of ether oxygens (including phenoxy) is 1.